The normalized spacial score (nSPS) is 18.3. The van der Waals surface area contributed by atoms with E-state index in [-0.39, 0.29) is 25.6 Å². The maximum absolute atomic E-state index is 12.7. The minimum absolute atomic E-state index is 0.0400. The van der Waals surface area contributed by atoms with Crippen molar-refractivity contribution in [2.75, 3.05) is 26.8 Å². The summed E-state index contributed by atoms with van der Waals surface area (Å²) < 4.78 is 30.3. The van der Waals surface area contributed by atoms with Gasteiger partial charge in [0.1, 0.15) is 10.8 Å². The van der Waals surface area contributed by atoms with E-state index in [1.165, 1.54) is 21.0 Å². The van der Waals surface area contributed by atoms with Crippen molar-refractivity contribution >= 4 is 21.9 Å². The number of carboxylic acids is 1. The number of carbonyl (C=O) groups is 2. The molecule has 0 radical (unpaired) electrons. The van der Waals surface area contributed by atoms with E-state index in [1.807, 2.05) is 0 Å². The van der Waals surface area contributed by atoms with Crippen LogP contribution in [0.3, 0.4) is 0 Å². The average Bonchev–Trinajstić information content (AvgIpc) is 3.15. The van der Waals surface area contributed by atoms with E-state index >= 15 is 0 Å². The molecule has 1 atom stereocenters. The monoisotopic (exact) mass is 322 g/mol. The van der Waals surface area contributed by atoms with Crippen LogP contribution in [0.5, 0.6) is 0 Å². The number of carbonyl (C=O) groups excluding carboxylic acids is 1. The Morgan fingerprint density at radius 3 is 2.38 bits per heavy atom. The van der Waals surface area contributed by atoms with Crippen LogP contribution in [-0.4, -0.2) is 67.3 Å². The molecular weight excluding hydrogens is 300 g/mol. The molecular formula is C12H22N2O6S. The molecule has 8 nitrogen and oxygen atoms in total. The third-order valence-corrected chi connectivity index (χ3v) is 6.30. The Morgan fingerprint density at radius 1 is 1.43 bits per heavy atom. The number of carboxylic acid groups (broad SMARTS) is 1. The van der Waals surface area contributed by atoms with Gasteiger partial charge >= 0.3 is 5.97 Å². The third kappa shape index (κ3) is 3.92. The number of ether oxygens (including phenoxy) is 1. The van der Waals surface area contributed by atoms with E-state index in [0.717, 1.165) is 4.31 Å². The molecule has 1 fully saturated rings. The number of aliphatic carboxylic acids is 1. The minimum atomic E-state index is -3.82. The second-order valence-corrected chi connectivity index (χ2v) is 7.51. The fourth-order valence-corrected chi connectivity index (χ4v) is 4.34. The molecule has 0 bridgehead atoms. The summed E-state index contributed by atoms with van der Waals surface area (Å²) in [4.78, 5) is 22.0. The van der Waals surface area contributed by atoms with Crippen LogP contribution in [0.15, 0.2) is 0 Å². The summed E-state index contributed by atoms with van der Waals surface area (Å²) in [6.45, 7) is 2.65. The average molecular weight is 322 g/mol. The topological polar surface area (TPSA) is 113 Å². The van der Waals surface area contributed by atoms with Crippen molar-refractivity contribution in [3.63, 3.8) is 0 Å². The lowest BCUT2D eigenvalue weighted by Crippen LogP contribution is -2.51. The summed E-state index contributed by atoms with van der Waals surface area (Å²) in [5.41, 5.74) is 0. The molecule has 1 amide bonds. The first-order valence-electron chi connectivity index (χ1n) is 6.65. The van der Waals surface area contributed by atoms with Gasteiger partial charge in [0, 0.05) is 27.1 Å². The second kappa shape index (κ2) is 6.71. The van der Waals surface area contributed by atoms with E-state index in [9.17, 15) is 18.0 Å². The van der Waals surface area contributed by atoms with Crippen molar-refractivity contribution in [2.24, 2.45) is 0 Å². The number of rotatable bonds is 9. The van der Waals surface area contributed by atoms with Gasteiger partial charge in [-0.3, -0.25) is 9.59 Å². The molecule has 0 aromatic carbocycles. The van der Waals surface area contributed by atoms with Crippen LogP contribution >= 0.6 is 0 Å². The predicted molar refractivity (Wildman–Crippen MR) is 75.2 cm³/mol. The minimum Gasteiger partial charge on any atom is -0.480 e. The third-order valence-electron chi connectivity index (χ3n) is 3.57. The lowest BCUT2D eigenvalue weighted by molar-refractivity contribution is -0.140. The van der Waals surface area contributed by atoms with Gasteiger partial charge in [0.2, 0.25) is 15.9 Å². The first-order valence-corrected chi connectivity index (χ1v) is 8.09. The Hall–Kier alpha value is -1.19. The van der Waals surface area contributed by atoms with Crippen LogP contribution in [0.25, 0.3) is 0 Å². The number of hydrogen-bond donors (Lipinski definition) is 2. The molecule has 1 rings (SSSR count). The zero-order chi connectivity index (χ0) is 16.3. The molecule has 0 aromatic heterocycles. The Balaban J connectivity index is 2.94. The highest BCUT2D eigenvalue weighted by molar-refractivity contribution is 7.90. The molecule has 0 heterocycles. The summed E-state index contributed by atoms with van der Waals surface area (Å²) >= 11 is 0. The number of amides is 1. The van der Waals surface area contributed by atoms with Gasteiger partial charge in [0.15, 0.2) is 0 Å². The zero-order valence-electron chi connectivity index (χ0n) is 12.5. The van der Waals surface area contributed by atoms with Crippen LogP contribution in [0, 0.1) is 0 Å². The van der Waals surface area contributed by atoms with Crippen molar-refractivity contribution in [3.05, 3.63) is 0 Å². The van der Waals surface area contributed by atoms with Gasteiger partial charge in [-0.2, -0.15) is 4.31 Å². The molecule has 0 aromatic rings. The molecule has 0 saturated heterocycles. The number of nitrogens with zero attached hydrogens (tertiary/aromatic N) is 1. The molecule has 0 aliphatic heterocycles. The lowest BCUT2D eigenvalue weighted by atomic mass is 10.3. The van der Waals surface area contributed by atoms with Gasteiger partial charge in [-0.1, -0.05) is 0 Å². The summed E-state index contributed by atoms with van der Waals surface area (Å²) in [6.07, 6.45) is 0.901. The Kier molecular flexibility index (Phi) is 5.71. The van der Waals surface area contributed by atoms with Crippen molar-refractivity contribution in [3.8, 4) is 0 Å². The molecule has 1 aliphatic rings. The van der Waals surface area contributed by atoms with Crippen molar-refractivity contribution in [1.82, 2.24) is 9.62 Å². The van der Waals surface area contributed by atoms with E-state index < -0.39 is 26.8 Å². The smallest absolute Gasteiger partial charge is 0.321 e. The molecule has 9 heteroatoms. The van der Waals surface area contributed by atoms with E-state index in [1.54, 1.807) is 0 Å². The number of methoxy groups -OCH3 is 1. The summed E-state index contributed by atoms with van der Waals surface area (Å²) in [5, 5.41) is 11.6. The largest absolute Gasteiger partial charge is 0.480 e. The molecule has 122 valence electrons. The molecule has 1 saturated carbocycles. The van der Waals surface area contributed by atoms with Gasteiger partial charge in [0.05, 0.1) is 6.61 Å². The first-order chi connectivity index (χ1) is 9.68. The Labute approximate surface area is 124 Å². The van der Waals surface area contributed by atoms with Crippen LogP contribution in [-0.2, 0) is 24.3 Å². The predicted octanol–water partition coefficient (Wildman–Crippen LogP) is -0.594. The molecule has 2 N–H and O–H groups in total. The zero-order valence-corrected chi connectivity index (χ0v) is 13.3. The summed E-state index contributed by atoms with van der Waals surface area (Å²) in [7, 11) is -2.40. The van der Waals surface area contributed by atoms with Crippen LogP contribution in [0.2, 0.25) is 0 Å². The number of nitrogens with one attached hydrogen (secondary N) is 1. The van der Waals surface area contributed by atoms with Gasteiger partial charge in [-0.25, -0.2) is 8.42 Å². The Morgan fingerprint density at radius 2 is 2.00 bits per heavy atom. The molecule has 21 heavy (non-hydrogen) atoms. The fourth-order valence-electron chi connectivity index (χ4n) is 2.12. The highest BCUT2D eigenvalue weighted by Crippen LogP contribution is 2.45. The van der Waals surface area contributed by atoms with Gasteiger partial charge in [-0.05, 0) is 19.8 Å². The van der Waals surface area contributed by atoms with Crippen LogP contribution in [0.4, 0.5) is 0 Å². The highest BCUT2D eigenvalue weighted by atomic mass is 32.2. The second-order valence-electron chi connectivity index (χ2n) is 5.23. The lowest BCUT2D eigenvalue weighted by Gasteiger charge is -2.30. The van der Waals surface area contributed by atoms with Crippen molar-refractivity contribution in [1.29, 1.82) is 0 Å². The molecule has 1 unspecified atom stereocenters. The maximum atomic E-state index is 12.7. The van der Waals surface area contributed by atoms with E-state index in [4.69, 9.17) is 9.84 Å². The SMILES string of the molecule is COCC1(S(=O)(=O)N(CCNC(C)=O)C(C)C(=O)O)CC1. The highest BCUT2D eigenvalue weighted by Gasteiger charge is 2.58. The molecule has 0 spiro atoms. The quantitative estimate of drug-likeness (QED) is 0.586. The van der Waals surface area contributed by atoms with Gasteiger partial charge in [0.25, 0.3) is 0 Å². The number of sulfonamides is 1. The molecule has 1 aliphatic carbocycles. The first kappa shape index (κ1) is 17.9. The van der Waals surface area contributed by atoms with Gasteiger partial charge in [-0.15, -0.1) is 0 Å². The van der Waals surface area contributed by atoms with E-state index in [0.29, 0.717) is 12.8 Å². The van der Waals surface area contributed by atoms with Crippen molar-refractivity contribution in [2.45, 2.75) is 37.5 Å². The van der Waals surface area contributed by atoms with Crippen LogP contribution in [0.1, 0.15) is 26.7 Å². The maximum Gasteiger partial charge on any atom is 0.321 e. The standard InChI is InChI=1S/C12H22N2O6S/c1-9(11(16)17)14(7-6-13-10(2)15)21(18,19)12(4-5-12)8-20-3/h9H,4-8H2,1-3H3,(H,13,15)(H,16,17). The number of hydrogen-bond acceptors (Lipinski definition) is 5. The van der Waals surface area contributed by atoms with E-state index in [2.05, 4.69) is 5.32 Å². The fraction of sp³-hybridized carbons (Fsp3) is 0.833. The van der Waals surface area contributed by atoms with Crippen LogP contribution < -0.4 is 5.32 Å². The van der Waals surface area contributed by atoms with Gasteiger partial charge < -0.3 is 15.2 Å². The Bertz CT molecular complexity index is 500. The van der Waals surface area contributed by atoms with Crippen molar-refractivity contribution < 1.29 is 27.9 Å². The summed E-state index contributed by atoms with van der Waals surface area (Å²) in [6, 6.07) is -1.20. The summed E-state index contributed by atoms with van der Waals surface area (Å²) in [5.74, 6) is -1.53.